The van der Waals surface area contributed by atoms with E-state index in [0.29, 0.717) is 41.9 Å². The molecule has 0 aromatic heterocycles. The molecule has 6 heteroatoms. The van der Waals surface area contributed by atoms with Gasteiger partial charge < -0.3 is 10.2 Å². The predicted octanol–water partition coefficient (Wildman–Crippen LogP) is 4.28. The van der Waals surface area contributed by atoms with Crippen LogP contribution >= 0.6 is 0 Å². The number of hydrogen-bond donors (Lipinski definition) is 3. The van der Waals surface area contributed by atoms with Gasteiger partial charge in [0.25, 0.3) is 10.1 Å². The largest absolute Gasteiger partial charge is 0.393 e. The van der Waals surface area contributed by atoms with Crippen LogP contribution in [-0.4, -0.2) is 41.1 Å². The molecule has 4 unspecified atom stereocenters. The van der Waals surface area contributed by atoms with Gasteiger partial charge in [-0.25, -0.2) is 0 Å². The van der Waals surface area contributed by atoms with Gasteiger partial charge in [0.1, 0.15) is 0 Å². The Hall–Kier alpha value is -0.170. The molecule has 0 amide bonds. The SMILES string of the molecule is C[C@H](CCCS(=O)(=O)O)C1CCC2C3C(CC[C@@]21C)[C@@]1(C)CC[C@@H](O)C[C@H]1C[C@H]3O. The Balaban J connectivity index is 1.50. The van der Waals surface area contributed by atoms with E-state index < -0.39 is 10.1 Å². The van der Waals surface area contributed by atoms with E-state index >= 15 is 0 Å². The van der Waals surface area contributed by atoms with E-state index in [0.717, 1.165) is 32.1 Å². The predicted molar refractivity (Wildman–Crippen MR) is 117 cm³/mol. The van der Waals surface area contributed by atoms with E-state index in [2.05, 4.69) is 20.8 Å². The maximum Gasteiger partial charge on any atom is 0.264 e. The highest BCUT2D eigenvalue weighted by molar-refractivity contribution is 7.85. The molecule has 30 heavy (non-hydrogen) atoms. The molecule has 4 rings (SSSR count). The van der Waals surface area contributed by atoms with Crippen LogP contribution in [0.25, 0.3) is 0 Å². The minimum Gasteiger partial charge on any atom is -0.393 e. The summed E-state index contributed by atoms with van der Waals surface area (Å²) in [5.41, 5.74) is 0.473. The lowest BCUT2D eigenvalue weighted by Crippen LogP contribution is -2.58. The van der Waals surface area contributed by atoms with Crippen molar-refractivity contribution in [2.75, 3.05) is 5.75 Å². The van der Waals surface area contributed by atoms with Crippen LogP contribution in [0.3, 0.4) is 0 Å². The third-order valence-corrected chi connectivity index (χ3v) is 11.3. The van der Waals surface area contributed by atoms with E-state index in [-0.39, 0.29) is 28.8 Å². The van der Waals surface area contributed by atoms with Gasteiger partial charge in [0, 0.05) is 0 Å². The molecule has 0 saturated heterocycles. The summed E-state index contributed by atoms with van der Waals surface area (Å²) in [6, 6.07) is 0. The van der Waals surface area contributed by atoms with Gasteiger partial charge in [-0.1, -0.05) is 20.8 Å². The van der Waals surface area contributed by atoms with Crippen LogP contribution in [-0.2, 0) is 10.1 Å². The number of aliphatic hydroxyl groups excluding tert-OH is 2. The summed E-state index contributed by atoms with van der Waals surface area (Å²) in [5, 5.41) is 21.5. The highest BCUT2D eigenvalue weighted by Crippen LogP contribution is 2.68. The van der Waals surface area contributed by atoms with Gasteiger partial charge in [-0.3, -0.25) is 4.55 Å². The highest BCUT2D eigenvalue weighted by atomic mass is 32.2. The lowest BCUT2D eigenvalue weighted by atomic mass is 9.43. The third kappa shape index (κ3) is 3.88. The molecular formula is C24H42O5S. The monoisotopic (exact) mass is 442 g/mol. The van der Waals surface area contributed by atoms with E-state index in [1.54, 1.807) is 0 Å². The van der Waals surface area contributed by atoms with Crippen molar-refractivity contribution in [1.82, 2.24) is 0 Å². The summed E-state index contributed by atoms with van der Waals surface area (Å²) in [6.45, 7) is 7.14. The minimum atomic E-state index is -3.88. The van der Waals surface area contributed by atoms with Crippen LogP contribution in [0, 0.1) is 46.3 Å². The van der Waals surface area contributed by atoms with Crippen molar-refractivity contribution in [3.63, 3.8) is 0 Å². The average Bonchev–Trinajstić information content (AvgIpc) is 2.99. The fraction of sp³-hybridized carbons (Fsp3) is 1.00. The summed E-state index contributed by atoms with van der Waals surface area (Å²) < 4.78 is 31.2. The average molecular weight is 443 g/mol. The molecule has 0 aromatic carbocycles. The van der Waals surface area contributed by atoms with Crippen molar-refractivity contribution in [3.05, 3.63) is 0 Å². The van der Waals surface area contributed by atoms with Crippen molar-refractivity contribution in [1.29, 1.82) is 0 Å². The molecule has 174 valence electrons. The van der Waals surface area contributed by atoms with Crippen molar-refractivity contribution >= 4 is 10.1 Å². The molecule has 0 spiro atoms. The van der Waals surface area contributed by atoms with Crippen LogP contribution in [0.15, 0.2) is 0 Å². The zero-order valence-corrected chi connectivity index (χ0v) is 19.8. The Morgan fingerprint density at radius 3 is 2.33 bits per heavy atom. The molecule has 4 aliphatic carbocycles. The smallest absolute Gasteiger partial charge is 0.264 e. The zero-order valence-electron chi connectivity index (χ0n) is 19.0. The fourth-order valence-corrected chi connectivity index (χ4v) is 9.50. The lowest BCUT2D eigenvalue weighted by molar-refractivity contribution is -0.174. The highest BCUT2D eigenvalue weighted by Gasteiger charge is 2.62. The van der Waals surface area contributed by atoms with E-state index in [9.17, 15) is 18.6 Å². The summed E-state index contributed by atoms with van der Waals surface area (Å²) in [5.74, 6) is 2.78. The summed E-state index contributed by atoms with van der Waals surface area (Å²) in [6.07, 6.45) is 9.31. The van der Waals surface area contributed by atoms with Gasteiger partial charge in [0.2, 0.25) is 0 Å². The normalized spacial score (nSPS) is 49.7. The van der Waals surface area contributed by atoms with Crippen molar-refractivity contribution in [2.45, 2.75) is 97.2 Å². The van der Waals surface area contributed by atoms with E-state index in [1.807, 2.05) is 0 Å². The molecule has 0 radical (unpaired) electrons. The van der Waals surface area contributed by atoms with Crippen LogP contribution in [0.4, 0.5) is 0 Å². The van der Waals surface area contributed by atoms with Crippen LogP contribution < -0.4 is 0 Å². The topological polar surface area (TPSA) is 94.8 Å². The third-order valence-electron chi connectivity index (χ3n) is 10.5. The number of hydrogen-bond acceptors (Lipinski definition) is 4. The molecule has 0 aromatic rings. The van der Waals surface area contributed by atoms with Crippen LogP contribution in [0.5, 0.6) is 0 Å². The second kappa shape index (κ2) is 8.00. The first kappa shape index (κ1) is 23.0. The Bertz CT molecular complexity index is 738. The zero-order chi connectivity index (χ0) is 21.9. The Kier molecular flexibility index (Phi) is 6.13. The van der Waals surface area contributed by atoms with Gasteiger partial charge >= 0.3 is 0 Å². The maximum atomic E-state index is 11.3. The summed E-state index contributed by atoms with van der Waals surface area (Å²) in [4.78, 5) is 0. The Labute approximate surface area is 182 Å². The van der Waals surface area contributed by atoms with Crippen molar-refractivity contribution in [2.24, 2.45) is 46.3 Å². The Morgan fingerprint density at radius 1 is 0.967 bits per heavy atom. The molecule has 5 nitrogen and oxygen atoms in total. The van der Waals surface area contributed by atoms with Gasteiger partial charge in [0.05, 0.1) is 18.0 Å². The van der Waals surface area contributed by atoms with Crippen LogP contribution in [0.2, 0.25) is 0 Å². The first-order valence-corrected chi connectivity index (χ1v) is 13.9. The molecule has 4 aliphatic rings. The van der Waals surface area contributed by atoms with Gasteiger partial charge in [0.15, 0.2) is 0 Å². The fourth-order valence-electron chi connectivity index (χ4n) is 8.96. The van der Waals surface area contributed by atoms with Gasteiger partial charge in [-0.05, 0) is 111 Å². The van der Waals surface area contributed by atoms with Gasteiger partial charge in [-0.2, -0.15) is 8.42 Å². The number of aliphatic hydroxyl groups is 2. The molecule has 10 atom stereocenters. The van der Waals surface area contributed by atoms with Gasteiger partial charge in [-0.15, -0.1) is 0 Å². The van der Waals surface area contributed by atoms with E-state index in [1.165, 1.54) is 25.7 Å². The first-order chi connectivity index (χ1) is 14.0. The number of fused-ring (bicyclic) bond motifs is 5. The molecule has 0 aliphatic heterocycles. The summed E-state index contributed by atoms with van der Waals surface area (Å²) in [7, 11) is -3.88. The Morgan fingerprint density at radius 2 is 1.63 bits per heavy atom. The van der Waals surface area contributed by atoms with Crippen LogP contribution in [0.1, 0.15) is 85.0 Å². The standard InChI is InChI=1S/C24H42O5S/c1-15(5-4-12-30(27,28)29)18-6-7-19-22-20(9-11-24(18,19)3)23(2)10-8-17(25)13-16(23)14-21(22)26/h15-22,25-26H,4-14H2,1-3H3,(H,27,28,29)/t15-,16+,17-,18?,19?,20?,21-,22?,23+,24-/m1/s1. The summed E-state index contributed by atoms with van der Waals surface area (Å²) >= 11 is 0. The molecular weight excluding hydrogens is 400 g/mol. The molecule has 4 fully saturated rings. The second-order valence-corrected chi connectivity index (χ2v) is 13.4. The molecule has 0 heterocycles. The molecule has 3 N–H and O–H groups in total. The minimum absolute atomic E-state index is 0.140. The first-order valence-electron chi connectivity index (χ1n) is 12.3. The lowest BCUT2D eigenvalue weighted by Gasteiger charge is -2.62. The second-order valence-electron chi connectivity index (χ2n) is 11.9. The molecule has 4 saturated carbocycles. The van der Waals surface area contributed by atoms with E-state index in [4.69, 9.17) is 4.55 Å². The number of rotatable bonds is 5. The van der Waals surface area contributed by atoms with Crippen molar-refractivity contribution in [3.8, 4) is 0 Å². The van der Waals surface area contributed by atoms with Crippen molar-refractivity contribution < 1.29 is 23.2 Å². The maximum absolute atomic E-state index is 11.3. The quantitative estimate of drug-likeness (QED) is 0.552. The molecule has 0 bridgehead atoms.